The Balaban J connectivity index is 1.34. The molecule has 5 aromatic rings. The predicted octanol–water partition coefficient (Wildman–Crippen LogP) is 6.24. The lowest BCUT2D eigenvalue weighted by Gasteiger charge is -2.24. The summed E-state index contributed by atoms with van der Waals surface area (Å²) >= 11 is 3.35. The highest BCUT2D eigenvalue weighted by Gasteiger charge is 2.27. The topological polar surface area (TPSA) is 113 Å². The van der Waals surface area contributed by atoms with Crippen molar-refractivity contribution < 1.29 is 21.6 Å². The lowest BCUT2D eigenvalue weighted by molar-refractivity contribution is -0.114. The number of amides is 1. The van der Waals surface area contributed by atoms with E-state index in [0.29, 0.717) is 21.5 Å². The molecule has 5 rings (SSSR count). The van der Waals surface area contributed by atoms with E-state index in [4.69, 9.17) is 0 Å². The Labute approximate surface area is 246 Å². The molecule has 2 N–H and O–H groups in total. The Hall–Kier alpha value is -4.19. The van der Waals surface area contributed by atoms with Crippen LogP contribution in [0.4, 0.5) is 17.1 Å². The number of hydrogen-bond acceptors (Lipinski definition) is 5. The molecule has 0 aliphatic rings. The van der Waals surface area contributed by atoms with Crippen molar-refractivity contribution in [2.75, 3.05) is 20.9 Å². The Bertz CT molecular complexity index is 1930. The first kappa shape index (κ1) is 28.3. The van der Waals surface area contributed by atoms with E-state index in [0.717, 1.165) is 15.1 Å². The molecule has 0 unspecified atom stereocenters. The molecule has 0 spiro atoms. The van der Waals surface area contributed by atoms with Crippen LogP contribution < -0.4 is 14.3 Å². The first-order valence-corrected chi connectivity index (χ1v) is 16.1. The fourth-order valence-corrected chi connectivity index (χ4v) is 7.13. The van der Waals surface area contributed by atoms with Gasteiger partial charge in [0.05, 0.1) is 21.2 Å². The van der Waals surface area contributed by atoms with E-state index < -0.39 is 32.5 Å². The third kappa shape index (κ3) is 6.43. The highest BCUT2D eigenvalue weighted by molar-refractivity contribution is 9.10. The van der Waals surface area contributed by atoms with Gasteiger partial charge in [0.2, 0.25) is 5.91 Å². The van der Waals surface area contributed by atoms with Crippen LogP contribution in [-0.2, 0) is 24.8 Å². The minimum atomic E-state index is -4.07. The Morgan fingerprint density at radius 2 is 1.37 bits per heavy atom. The van der Waals surface area contributed by atoms with Crippen molar-refractivity contribution in [2.24, 2.45) is 0 Å². The van der Waals surface area contributed by atoms with Gasteiger partial charge in [-0.3, -0.25) is 13.8 Å². The quantitative estimate of drug-likeness (QED) is 0.196. The van der Waals surface area contributed by atoms with Gasteiger partial charge in [0.15, 0.2) is 0 Å². The van der Waals surface area contributed by atoms with E-state index in [2.05, 4.69) is 26.0 Å². The Morgan fingerprint density at radius 1 is 0.707 bits per heavy atom. The van der Waals surface area contributed by atoms with Gasteiger partial charge in [0.25, 0.3) is 20.0 Å². The van der Waals surface area contributed by atoms with Gasteiger partial charge < -0.3 is 5.32 Å². The molecule has 1 amide bonds. The van der Waals surface area contributed by atoms with E-state index in [9.17, 15) is 21.6 Å². The van der Waals surface area contributed by atoms with Crippen molar-refractivity contribution in [1.82, 2.24) is 0 Å². The molecule has 0 fully saturated rings. The van der Waals surface area contributed by atoms with Crippen LogP contribution in [0.25, 0.3) is 10.8 Å². The normalized spacial score (nSPS) is 11.6. The number of fused-ring (bicyclic) bond motifs is 1. The van der Waals surface area contributed by atoms with Crippen molar-refractivity contribution in [2.45, 2.75) is 9.79 Å². The van der Waals surface area contributed by atoms with Crippen molar-refractivity contribution in [1.29, 1.82) is 0 Å². The minimum Gasteiger partial charge on any atom is -0.325 e. The number of carbonyl (C=O) groups is 1. The second-order valence-electron chi connectivity index (χ2n) is 9.01. The molecule has 0 radical (unpaired) electrons. The SMILES string of the molecule is O=C(CN(c1cccc(Br)c1)S(=O)(=O)c1ccccc1)Nc1ccc(S(=O)(=O)Nc2cccc3ccccc23)cc1. The summed E-state index contributed by atoms with van der Waals surface area (Å²) in [7, 11) is -7.98. The molecule has 0 saturated heterocycles. The smallest absolute Gasteiger partial charge is 0.264 e. The van der Waals surface area contributed by atoms with Gasteiger partial charge in [0, 0.05) is 15.5 Å². The summed E-state index contributed by atoms with van der Waals surface area (Å²) in [5.41, 5.74) is 1.07. The number of carbonyl (C=O) groups excluding carboxylic acids is 1. The summed E-state index contributed by atoms with van der Waals surface area (Å²) < 4.78 is 57.4. The predicted molar refractivity (Wildman–Crippen MR) is 165 cm³/mol. The van der Waals surface area contributed by atoms with Gasteiger partial charge in [-0.2, -0.15) is 0 Å². The van der Waals surface area contributed by atoms with Crippen LogP contribution in [0.5, 0.6) is 0 Å². The number of benzene rings is 5. The van der Waals surface area contributed by atoms with Crippen LogP contribution in [0, 0.1) is 0 Å². The van der Waals surface area contributed by atoms with Gasteiger partial charge >= 0.3 is 0 Å². The van der Waals surface area contributed by atoms with Crippen molar-refractivity contribution in [3.05, 3.63) is 126 Å². The number of anilines is 3. The summed E-state index contributed by atoms with van der Waals surface area (Å²) in [4.78, 5) is 13.1. The average Bonchev–Trinajstić information content (AvgIpc) is 2.97. The highest BCUT2D eigenvalue weighted by atomic mass is 79.9. The summed E-state index contributed by atoms with van der Waals surface area (Å²) in [5.74, 6) is -0.603. The molecule has 41 heavy (non-hydrogen) atoms. The number of nitrogens with zero attached hydrogens (tertiary/aromatic N) is 1. The monoisotopic (exact) mass is 649 g/mol. The minimum absolute atomic E-state index is 0.00542. The van der Waals surface area contributed by atoms with Crippen molar-refractivity contribution >= 4 is 69.7 Å². The van der Waals surface area contributed by atoms with Crippen LogP contribution in [0.15, 0.2) is 136 Å². The first-order valence-electron chi connectivity index (χ1n) is 12.4. The van der Waals surface area contributed by atoms with Gasteiger partial charge in [-0.25, -0.2) is 16.8 Å². The molecular formula is C30H24BrN3O5S2. The molecule has 208 valence electrons. The summed E-state index contributed by atoms with van der Waals surface area (Å²) in [6.45, 7) is -0.504. The lowest BCUT2D eigenvalue weighted by atomic mass is 10.1. The van der Waals surface area contributed by atoms with Crippen molar-refractivity contribution in [3.8, 4) is 0 Å². The molecule has 0 atom stereocenters. The van der Waals surface area contributed by atoms with Crippen LogP contribution in [0.1, 0.15) is 0 Å². The zero-order valence-corrected chi connectivity index (χ0v) is 24.7. The van der Waals surface area contributed by atoms with Gasteiger partial charge in [-0.15, -0.1) is 0 Å². The van der Waals surface area contributed by atoms with Gasteiger partial charge in [-0.1, -0.05) is 76.6 Å². The maximum absolute atomic E-state index is 13.5. The van der Waals surface area contributed by atoms with Crippen LogP contribution >= 0.6 is 15.9 Å². The first-order chi connectivity index (χ1) is 19.6. The summed E-state index contributed by atoms with van der Waals surface area (Å²) in [6, 6.07) is 32.9. The number of hydrogen-bond donors (Lipinski definition) is 2. The number of nitrogens with one attached hydrogen (secondary N) is 2. The summed E-state index contributed by atoms with van der Waals surface area (Å²) in [5, 5.41) is 4.33. The second kappa shape index (κ2) is 11.7. The van der Waals surface area contributed by atoms with Crippen molar-refractivity contribution in [3.63, 3.8) is 0 Å². The third-order valence-corrected chi connectivity index (χ3v) is 9.86. The van der Waals surface area contributed by atoms with Crippen LogP contribution in [0.3, 0.4) is 0 Å². The van der Waals surface area contributed by atoms with E-state index >= 15 is 0 Å². The Morgan fingerprint density at radius 3 is 2.10 bits per heavy atom. The number of rotatable bonds is 9. The van der Waals surface area contributed by atoms with Gasteiger partial charge in [0.1, 0.15) is 6.54 Å². The Kier molecular flexibility index (Phi) is 8.11. The third-order valence-electron chi connectivity index (χ3n) is 6.20. The standard InChI is InChI=1S/C30H24BrN3O5S2/c31-23-10-7-11-25(20-23)34(41(38,39)27-12-2-1-3-13-27)21-30(35)32-24-16-18-26(19-17-24)40(36,37)33-29-15-6-9-22-8-4-5-14-28(22)29/h1-20,33H,21H2,(H,32,35). The molecule has 0 aliphatic heterocycles. The molecule has 0 bridgehead atoms. The largest absolute Gasteiger partial charge is 0.325 e. The molecule has 0 heterocycles. The van der Waals surface area contributed by atoms with E-state index in [1.54, 1.807) is 54.6 Å². The molecule has 8 nitrogen and oxygen atoms in total. The number of sulfonamides is 2. The second-order valence-corrected chi connectivity index (χ2v) is 13.5. The lowest BCUT2D eigenvalue weighted by Crippen LogP contribution is -2.38. The van der Waals surface area contributed by atoms with Crippen LogP contribution in [-0.4, -0.2) is 29.3 Å². The molecule has 5 aromatic carbocycles. The average molecular weight is 651 g/mol. The van der Waals surface area contributed by atoms with Crippen LogP contribution in [0.2, 0.25) is 0 Å². The maximum atomic E-state index is 13.5. The molecule has 0 aromatic heterocycles. The fraction of sp³-hybridized carbons (Fsp3) is 0.0333. The zero-order valence-electron chi connectivity index (χ0n) is 21.4. The molecule has 11 heteroatoms. The highest BCUT2D eigenvalue weighted by Crippen LogP contribution is 2.28. The maximum Gasteiger partial charge on any atom is 0.264 e. The summed E-state index contributed by atoms with van der Waals surface area (Å²) in [6.07, 6.45) is 0. The van der Waals surface area contributed by atoms with Gasteiger partial charge in [-0.05, 0) is 66.0 Å². The van der Waals surface area contributed by atoms with E-state index in [1.165, 1.54) is 36.4 Å². The number of halogens is 1. The molecule has 0 aliphatic carbocycles. The molecular weight excluding hydrogens is 626 g/mol. The fourth-order valence-electron chi connectivity index (χ4n) is 4.23. The van der Waals surface area contributed by atoms with E-state index in [1.807, 2.05) is 30.3 Å². The molecule has 0 saturated carbocycles. The zero-order chi connectivity index (χ0) is 29.0. The van der Waals surface area contributed by atoms with E-state index in [-0.39, 0.29) is 9.79 Å².